The van der Waals surface area contributed by atoms with Crippen LogP contribution in [0.25, 0.3) is 22.8 Å². The number of nitrogens with one attached hydrogen (secondary N) is 4. The number of hydrogen-bond donors (Lipinski definition) is 4. The van der Waals surface area contributed by atoms with E-state index in [9.17, 15) is 9.59 Å². The third-order valence-corrected chi connectivity index (χ3v) is 7.20. The molecule has 4 aromatic rings. The Morgan fingerprint density at radius 3 is 1.59 bits per heavy atom. The zero-order valence-electron chi connectivity index (χ0n) is 17.1. The summed E-state index contributed by atoms with van der Waals surface area (Å²) < 4.78 is 0. The average Bonchev–Trinajstić information content (AvgIpc) is 3.61. The van der Waals surface area contributed by atoms with Crippen molar-refractivity contribution in [1.29, 1.82) is 0 Å². The van der Waals surface area contributed by atoms with E-state index in [0.717, 1.165) is 22.8 Å². The van der Waals surface area contributed by atoms with Crippen molar-refractivity contribution in [3.63, 3.8) is 0 Å². The molecule has 0 bridgehead atoms. The molecule has 0 unspecified atom stereocenters. The molecule has 0 saturated heterocycles. The minimum Gasteiger partial charge on any atom is -0.360 e. The highest BCUT2D eigenvalue weighted by Gasteiger charge is 2.30. The maximum absolute atomic E-state index is 12.7. The number of H-pyrrole nitrogens is 2. The SMILES string of the molecule is O=C(Nc1nc(-c2ccc[nH]2)cs1)C1CCC(C(=O)Nc2nc(-c3ccc[nH]3)cs2)CC1. The molecule has 0 spiro atoms. The molecule has 5 rings (SSSR count). The van der Waals surface area contributed by atoms with E-state index < -0.39 is 0 Å². The van der Waals surface area contributed by atoms with Crippen LogP contribution in [0.3, 0.4) is 0 Å². The van der Waals surface area contributed by atoms with Crippen LogP contribution in [0.2, 0.25) is 0 Å². The van der Waals surface area contributed by atoms with E-state index in [1.807, 2.05) is 47.4 Å². The molecule has 8 nitrogen and oxygen atoms in total. The Kier molecular flexibility index (Phi) is 5.87. The largest absolute Gasteiger partial charge is 0.360 e. The van der Waals surface area contributed by atoms with E-state index in [0.29, 0.717) is 35.9 Å². The van der Waals surface area contributed by atoms with E-state index in [4.69, 9.17) is 0 Å². The molecule has 0 aromatic carbocycles. The number of hydrogen-bond acceptors (Lipinski definition) is 6. The van der Waals surface area contributed by atoms with Crippen molar-refractivity contribution in [1.82, 2.24) is 19.9 Å². The van der Waals surface area contributed by atoms with E-state index in [1.54, 1.807) is 0 Å². The number of aromatic nitrogens is 4. The lowest BCUT2D eigenvalue weighted by Gasteiger charge is -2.26. The van der Waals surface area contributed by atoms with Gasteiger partial charge < -0.3 is 20.6 Å². The summed E-state index contributed by atoms with van der Waals surface area (Å²) in [7, 11) is 0. The van der Waals surface area contributed by atoms with Crippen LogP contribution in [-0.4, -0.2) is 31.8 Å². The fourth-order valence-corrected chi connectivity index (χ4v) is 5.35. The number of carbonyl (C=O) groups excluding carboxylic acids is 2. The minimum atomic E-state index is -0.101. The summed E-state index contributed by atoms with van der Waals surface area (Å²) in [5, 5.41) is 10.9. The monoisotopic (exact) mass is 466 g/mol. The second-order valence-corrected chi connectivity index (χ2v) is 9.49. The van der Waals surface area contributed by atoms with Crippen LogP contribution in [0.4, 0.5) is 10.3 Å². The van der Waals surface area contributed by atoms with Gasteiger partial charge >= 0.3 is 0 Å². The minimum absolute atomic E-state index is 0.0215. The van der Waals surface area contributed by atoms with Gasteiger partial charge in [0.15, 0.2) is 10.3 Å². The van der Waals surface area contributed by atoms with Gasteiger partial charge in [-0.2, -0.15) is 0 Å². The molecule has 4 heterocycles. The standard InChI is InChI=1S/C22H22N6O2S2/c29-19(27-21-25-17(11-31-21)15-3-1-9-23-15)13-5-7-14(8-6-13)20(30)28-22-26-18(12-32-22)16-4-2-10-24-16/h1-4,9-14,23-24H,5-8H2,(H,25,27,29)(H,26,28,30). The van der Waals surface area contributed by atoms with Crippen LogP contribution >= 0.6 is 22.7 Å². The maximum atomic E-state index is 12.7. The van der Waals surface area contributed by atoms with Crippen LogP contribution < -0.4 is 10.6 Å². The van der Waals surface area contributed by atoms with Gasteiger partial charge in [0.2, 0.25) is 11.8 Å². The lowest BCUT2D eigenvalue weighted by atomic mass is 9.81. The van der Waals surface area contributed by atoms with E-state index >= 15 is 0 Å². The van der Waals surface area contributed by atoms with Crippen LogP contribution in [-0.2, 0) is 9.59 Å². The number of carbonyl (C=O) groups is 2. The molecule has 4 aromatic heterocycles. The Morgan fingerprint density at radius 2 is 1.22 bits per heavy atom. The molecule has 1 fully saturated rings. The highest BCUT2D eigenvalue weighted by atomic mass is 32.1. The first kappa shape index (κ1) is 20.7. The Balaban J connectivity index is 1.11. The van der Waals surface area contributed by atoms with Crippen LogP contribution in [0.5, 0.6) is 0 Å². The highest BCUT2D eigenvalue weighted by molar-refractivity contribution is 7.14. The van der Waals surface area contributed by atoms with Crippen LogP contribution in [0, 0.1) is 11.8 Å². The summed E-state index contributed by atoms with van der Waals surface area (Å²) in [5.41, 5.74) is 3.48. The molecular weight excluding hydrogens is 444 g/mol. The van der Waals surface area contributed by atoms with Gasteiger partial charge in [-0.1, -0.05) is 0 Å². The molecule has 1 aliphatic carbocycles. The van der Waals surface area contributed by atoms with Gasteiger partial charge in [-0.05, 0) is 49.9 Å². The number of rotatable bonds is 6. The lowest BCUT2D eigenvalue weighted by molar-refractivity contribution is -0.125. The molecule has 10 heteroatoms. The summed E-state index contributed by atoms with van der Waals surface area (Å²) in [6.45, 7) is 0. The zero-order valence-corrected chi connectivity index (χ0v) is 18.8. The zero-order chi connectivity index (χ0) is 21.9. The average molecular weight is 467 g/mol. The maximum Gasteiger partial charge on any atom is 0.229 e. The number of nitrogens with zero attached hydrogens (tertiary/aromatic N) is 2. The molecule has 164 valence electrons. The smallest absolute Gasteiger partial charge is 0.229 e. The van der Waals surface area contributed by atoms with Crippen LogP contribution in [0.1, 0.15) is 25.7 Å². The van der Waals surface area contributed by atoms with E-state index in [-0.39, 0.29) is 23.7 Å². The summed E-state index contributed by atoms with van der Waals surface area (Å²) in [5.74, 6) is -0.244. The summed E-state index contributed by atoms with van der Waals surface area (Å²) in [4.78, 5) is 40.6. The van der Waals surface area contributed by atoms with Gasteiger partial charge in [0, 0.05) is 35.0 Å². The third kappa shape index (κ3) is 4.51. The Bertz CT molecular complexity index is 1090. The lowest BCUT2D eigenvalue weighted by Crippen LogP contribution is -2.31. The predicted molar refractivity (Wildman–Crippen MR) is 127 cm³/mol. The molecule has 0 radical (unpaired) electrons. The van der Waals surface area contributed by atoms with Gasteiger partial charge in [-0.25, -0.2) is 9.97 Å². The van der Waals surface area contributed by atoms with Crippen molar-refractivity contribution >= 4 is 44.8 Å². The second kappa shape index (κ2) is 9.09. The van der Waals surface area contributed by atoms with Crippen molar-refractivity contribution in [2.75, 3.05) is 10.6 Å². The van der Waals surface area contributed by atoms with Gasteiger partial charge in [0.1, 0.15) is 0 Å². The van der Waals surface area contributed by atoms with Crippen molar-refractivity contribution in [2.45, 2.75) is 25.7 Å². The molecule has 1 aliphatic rings. The molecule has 0 atom stereocenters. The van der Waals surface area contributed by atoms with Crippen molar-refractivity contribution in [3.8, 4) is 22.8 Å². The van der Waals surface area contributed by atoms with Gasteiger partial charge in [-0.3, -0.25) is 9.59 Å². The predicted octanol–water partition coefficient (Wildman–Crippen LogP) is 4.97. The van der Waals surface area contributed by atoms with E-state index in [2.05, 4.69) is 30.6 Å². The molecule has 0 aliphatic heterocycles. The molecule has 1 saturated carbocycles. The summed E-state index contributed by atoms with van der Waals surface area (Å²) in [6.07, 6.45) is 6.43. The van der Waals surface area contributed by atoms with Crippen molar-refractivity contribution in [2.24, 2.45) is 11.8 Å². The highest BCUT2D eigenvalue weighted by Crippen LogP contribution is 2.32. The molecule has 2 amide bonds. The Labute approximate surface area is 192 Å². The molecule has 32 heavy (non-hydrogen) atoms. The third-order valence-electron chi connectivity index (χ3n) is 5.69. The first-order valence-electron chi connectivity index (χ1n) is 10.5. The normalized spacial score (nSPS) is 18.4. The van der Waals surface area contributed by atoms with Gasteiger partial charge in [0.05, 0.1) is 22.8 Å². The summed E-state index contributed by atoms with van der Waals surface area (Å²) in [6, 6.07) is 7.72. The second-order valence-electron chi connectivity index (χ2n) is 7.77. The molecule has 4 N–H and O–H groups in total. The number of amides is 2. The topological polar surface area (TPSA) is 116 Å². The summed E-state index contributed by atoms with van der Waals surface area (Å²) >= 11 is 2.83. The molecular formula is C22H22N6O2S2. The fourth-order valence-electron chi connectivity index (χ4n) is 3.92. The van der Waals surface area contributed by atoms with Crippen LogP contribution in [0.15, 0.2) is 47.4 Å². The Morgan fingerprint density at radius 1 is 0.781 bits per heavy atom. The van der Waals surface area contributed by atoms with Crippen molar-refractivity contribution < 1.29 is 9.59 Å². The van der Waals surface area contributed by atoms with Gasteiger partial charge in [-0.15, -0.1) is 22.7 Å². The first-order valence-corrected chi connectivity index (χ1v) is 12.2. The fraction of sp³-hybridized carbons (Fsp3) is 0.273. The number of anilines is 2. The Hall–Kier alpha value is -3.24. The first-order chi connectivity index (χ1) is 15.7. The number of thiazole rings is 2. The van der Waals surface area contributed by atoms with E-state index in [1.165, 1.54) is 22.7 Å². The van der Waals surface area contributed by atoms with Crippen molar-refractivity contribution in [3.05, 3.63) is 47.4 Å². The number of aromatic amines is 2. The van der Waals surface area contributed by atoms with Gasteiger partial charge in [0.25, 0.3) is 0 Å². The quantitative estimate of drug-likeness (QED) is 0.321.